The number of rotatable bonds is 5. The molecule has 0 radical (unpaired) electrons. The third kappa shape index (κ3) is 3.15. The quantitative estimate of drug-likeness (QED) is 0.783. The number of benzene rings is 1. The average Bonchev–Trinajstić information content (AvgIpc) is 3.06. The van der Waals surface area contributed by atoms with E-state index in [4.69, 9.17) is 0 Å². The summed E-state index contributed by atoms with van der Waals surface area (Å²) in [6.07, 6.45) is 1.36. The molecule has 1 atom stereocenters. The van der Waals surface area contributed by atoms with Crippen molar-refractivity contribution in [2.45, 2.75) is 18.7 Å². The molecule has 7 heteroatoms. The van der Waals surface area contributed by atoms with Crippen LogP contribution in [0.25, 0.3) is 10.1 Å². The van der Waals surface area contributed by atoms with E-state index in [1.54, 1.807) is 17.4 Å². The van der Waals surface area contributed by atoms with E-state index >= 15 is 0 Å². The monoisotopic (exact) mass is 322 g/mol. The minimum absolute atomic E-state index is 0.185. The Labute approximate surface area is 126 Å². The molecule has 0 aliphatic rings. The van der Waals surface area contributed by atoms with E-state index in [9.17, 15) is 8.42 Å². The topological polar surface area (TPSA) is 72.2 Å². The summed E-state index contributed by atoms with van der Waals surface area (Å²) in [5.41, 5.74) is 1.38. The summed E-state index contributed by atoms with van der Waals surface area (Å²) in [5.74, 6) is -0.185. The van der Waals surface area contributed by atoms with Crippen LogP contribution in [0.5, 0.6) is 0 Å². The summed E-state index contributed by atoms with van der Waals surface area (Å²) in [6, 6.07) is 9.21. The highest BCUT2D eigenvalue weighted by molar-refractivity contribution is 7.88. The van der Waals surface area contributed by atoms with Gasteiger partial charge in [0.15, 0.2) is 0 Å². The van der Waals surface area contributed by atoms with Gasteiger partial charge in [0.2, 0.25) is 10.0 Å². The number of nitrogens with zero attached hydrogens (tertiary/aromatic N) is 1. The van der Waals surface area contributed by atoms with E-state index in [1.165, 1.54) is 6.26 Å². The van der Waals surface area contributed by atoms with Gasteiger partial charge in [-0.1, -0.05) is 23.4 Å². The zero-order valence-electron chi connectivity index (χ0n) is 11.3. The molecule has 3 rings (SSSR count). The molecule has 1 aromatic carbocycles. The fourth-order valence-corrected chi connectivity index (χ4v) is 4.56. The van der Waals surface area contributed by atoms with Gasteiger partial charge >= 0.3 is 0 Å². The molecule has 1 N–H and O–H groups in total. The van der Waals surface area contributed by atoms with Crippen LogP contribution in [0, 0.1) is 0 Å². The van der Waals surface area contributed by atoms with Crippen LogP contribution in [0.3, 0.4) is 0 Å². The second kappa shape index (κ2) is 5.59. The highest BCUT2D eigenvalue weighted by atomic mass is 32.2. The Morgan fingerprint density at radius 1 is 1.33 bits per heavy atom. The van der Waals surface area contributed by atoms with Crippen molar-refractivity contribution in [2.24, 2.45) is 0 Å². The number of nitrogens with one attached hydrogen (secondary N) is 1. The van der Waals surface area contributed by atoms with Crippen LogP contribution in [-0.4, -0.2) is 13.6 Å². The Hall–Kier alpha value is -1.70. The molecule has 0 spiro atoms. The highest BCUT2D eigenvalue weighted by Gasteiger charge is 2.19. The van der Waals surface area contributed by atoms with Crippen LogP contribution >= 0.6 is 11.3 Å². The first-order chi connectivity index (χ1) is 10.1. The molecular formula is C14H14N2O3S2. The summed E-state index contributed by atoms with van der Waals surface area (Å²) < 4.78 is 32.8. The van der Waals surface area contributed by atoms with Crippen molar-refractivity contribution < 1.29 is 12.9 Å². The van der Waals surface area contributed by atoms with Crippen LogP contribution < -0.4 is 4.72 Å². The van der Waals surface area contributed by atoms with Gasteiger partial charge in [-0.3, -0.25) is 0 Å². The maximum absolute atomic E-state index is 12.2. The van der Waals surface area contributed by atoms with Crippen molar-refractivity contribution >= 4 is 31.4 Å². The summed E-state index contributed by atoms with van der Waals surface area (Å²) >= 11 is 1.61. The molecule has 110 valence electrons. The number of aromatic nitrogens is 1. The Kier molecular flexibility index (Phi) is 3.79. The summed E-state index contributed by atoms with van der Waals surface area (Å²) in [7, 11) is -3.47. The van der Waals surface area contributed by atoms with Crippen molar-refractivity contribution in [1.82, 2.24) is 9.88 Å². The smallest absolute Gasteiger partial charge is 0.218 e. The van der Waals surface area contributed by atoms with Gasteiger partial charge < -0.3 is 4.52 Å². The molecule has 2 aromatic heterocycles. The van der Waals surface area contributed by atoms with Gasteiger partial charge in [0.25, 0.3) is 0 Å². The van der Waals surface area contributed by atoms with Gasteiger partial charge in [-0.25, -0.2) is 13.1 Å². The fourth-order valence-electron chi connectivity index (χ4n) is 2.21. The lowest BCUT2D eigenvalue weighted by Crippen LogP contribution is -2.28. The first-order valence-corrected chi connectivity index (χ1v) is 8.94. The lowest BCUT2D eigenvalue weighted by atomic mass is 10.1. The maximum atomic E-state index is 12.2. The SMILES string of the molecule is C[C@@H](NS(=O)(=O)Cc1ccon1)c1csc2ccccc12. The summed E-state index contributed by atoms with van der Waals surface area (Å²) in [6.45, 7) is 1.84. The Balaban J connectivity index is 1.81. The first kappa shape index (κ1) is 14.2. The van der Waals surface area contributed by atoms with Crippen LogP contribution in [0.15, 0.2) is 46.5 Å². The summed E-state index contributed by atoms with van der Waals surface area (Å²) in [5, 5.41) is 6.71. The van der Waals surface area contributed by atoms with E-state index in [0.717, 1.165) is 15.6 Å². The van der Waals surface area contributed by atoms with Crippen LogP contribution in [-0.2, 0) is 15.8 Å². The van der Waals surface area contributed by atoms with Crippen LogP contribution in [0.4, 0.5) is 0 Å². The van der Waals surface area contributed by atoms with Crippen molar-refractivity contribution in [3.63, 3.8) is 0 Å². The Bertz CT molecular complexity index is 838. The van der Waals surface area contributed by atoms with Gasteiger partial charge in [-0.2, -0.15) is 0 Å². The Morgan fingerprint density at radius 2 is 2.14 bits per heavy atom. The van der Waals surface area contributed by atoms with E-state index in [1.807, 2.05) is 36.6 Å². The van der Waals surface area contributed by atoms with Gasteiger partial charge in [0, 0.05) is 16.8 Å². The van der Waals surface area contributed by atoms with Crippen molar-refractivity contribution in [2.75, 3.05) is 0 Å². The van der Waals surface area contributed by atoms with E-state index < -0.39 is 10.0 Å². The molecule has 0 saturated carbocycles. The third-order valence-electron chi connectivity index (χ3n) is 3.16. The second-order valence-electron chi connectivity index (χ2n) is 4.78. The second-order valence-corrected chi connectivity index (χ2v) is 7.44. The number of thiophene rings is 1. The molecule has 0 amide bonds. The van der Waals surface area contributed by atoms with Crippen LogP contribution in [0.2, 0.25) is 0 Å². The normalized spacial score (nSPS) is 13.6. The molecule has 0 saturated heterocycles. The Morgan fingerprint density at radius 3 is 2.90 bits per heavy atom. The van der Waals surface area contributed by atoms with Crippen molar-refractivity contribution in [1.29, 1.82) is 0 Å². The van der Waals surface area contributed by atoms with E-state index in [2.05, 4.69) is 14.4 Å². The molecule has 3 aromatic rings. The number of hydrogen-bond acceptors (Lipinski definition) is 5. The zero-order valence-corrected chi connectivity index (χ0v) is 12.9. The number of fused-ring (bicyclic) bond motifs is 1. The lowest BCUT2D eigenvalue weighted by molar-refractivity contribution is 0.413. The molecule has 0 unspecified atom stereocenters. The van der Waals surface area contributed by atoms with Crippen molar-refractivity contribution in [3.05, 3.63) is 53.2 Å². The molecule has 21 heavy (non-hydrogen) atoms. The third-order valence-corrected chi connectivity index (χ3v) is 5.53. The highest BCUT2D eigenvalue weighted by Crippen LogP contribution is 2.30. The van der Waals surface area contributed by atoms with Gasteiger partial charge in [0.05, 0.1) is 5.69 Å². The molecule has 0 fully saturated rings. The lowest BCUT2D eigenvalue weighted by Gasteiger charge is -2.13. The molecule has 2 heterocycles. The minimum Gasteiger partial charge on any atom is -0.364 e. The molecule has 0 bridgehead atoms. The molecular weight excluding hydrogens is 308 g/mol. The predicted molar refractivity (Wildman–Crippen MR) is 82.5 cm³/mol. The molecule has 0 aliphatic carbocycles. The first-order valence-electron chi connectivity index (χ1n) is 6.40. The van der Waals surface area contributed by atoms with Gasteiger partial charge in [-0.15, -0.1) is 11.3 Å². The number of hydrogen-bond donors (Lipinski definition) is 1. The maximum Gasteiger partial charge on any atom is 0.218 e. The van der Waals surface area contributed by atoms with E-state index in [-0.39, 0.29) is 11.8 Å². The molecule has 5 nitrogen and oxygen atoms in total. The molecule has 0 aliphatic heterocycles. The van der Waals surface area contributed by atoms with Crippen LogP contribution in [0.1, 0.15) is 24.2 Å². The van der Waals surface area contributed by atoms with Gasteiger partial charge in [0.1, 0.15) is 12.0 Å². The van der Waals surface area contributed by atoms with Crippen molar-refractivity contribution in [3.8, 4) is 0 Å². The number of sulfonamides is 1. The standard InChI is InChI=1S/C14H14N2O3S2/c1-10(13-8-20-14-5-3-2-4-12(13)14)16-21(17,18)9-11-6-7-19-15-11/h2-8,10,16H,9H2,1H3/t10-/m1/s1. The minimum atomic E-state index is -3.47. The summed E-state index contributed by atoms with van der Waals surface area (Å²) in [4.78, 5) is 0. The van der Waals surface area contributed by atoms with E-state index in [0.29, 0.717) is 5.69 Å². The largest absolute Gasteiger partial charge is 0.364 e. The predicted octanol–water partition coefficient (Wildman–Crippen LogP) is 3.07. The van der Waals surface area contributed by atoms with Gasteiger partial charge in [-0.05, 0) is 29.3 Å². The zero-order chi connectivity index (χ0) is 14.9. The fraction of sp³-hybridized carbons (Fsp3) is 0.214. The average molecular weight is 322 g/mol.